The largest absolute Gasteiger partial charge is 0.439 e. The first-order valence-corrected chi connectivity index (χ1v) is 8.88. The van der Waals surface area contributed by atoms with Gasteiger partial charge in [0, 0.05) is 21.9 Å². The number of hydrogen-bond donors (Lipinski definition) is 0. The summed E-state index contributed by atoms with van der Waals surface area (Å²) in [7, 11) is 0. The van der Waals surface area contributed by atoms with Crippen LogP contribution in [0.5, 0.6) is 11.6 Å². The topological polar surface area (TPSA) is 39.2 Å². The molecule has 0 atom stereocenters. The molecule has 0 saturated carbocycles. The molecule has 122 valence electrons. The number of Topliss-reactive ketones (excluding diaryl/α,β-unsaturated/α-hetero) is 1. The van der Waals surface area contributed by atoms with Crippen molar-refractivity contribution in [1.29, 1.82) is 0 Å². The van der Waals surface area contributed by atoms with E-state index in [1.165, 1.54) is 4.90 Å². The second kappa shape index (κ2) is 7.05. The molecule has 0 radical (unpaired) electrons. The SMILES string of the molecule is CCSc1ccc(Oc2ccc3cc(C(C)=O)ccc3n2)c(C)c1. The summed E-state index contributed by atoms with van der Waals surface area (Å²) in [6, 6.07) is 15.5. The average Bonchev–Trinajstić information content (AvgIpc) is 2.57. The lowest BCUT2D eigenvalue weighted by Gasteiger charge is -2.10. The molecule has 1 aromatic heterocycles. The van der Waals surface area contributed by atoms with Gasteiger partial charge < -0.3 is 4.74 Å². The molecule has 0 amide bonds. The number of carbonyl (C=O) groups is 1. The van der Waals surface area contributed by atoms with E-state index < -0.39 is 0 Å². The summed E-state index contributed by atoms with van der Waals surface area (Å²) in [6.45, 7) is 5.74. The van der Waals surface area contributed by atoms with Gasteiger partial charge in [-0.05, 0) is 67.6 Å². The maximum atomic E-state index is 11.5. The second-order valence-electron chi connectivity index (χ2n) is 5.58. The fourth-order valence-corrected chi connectivity index (χ4v) is 3.25. The molecule has 1 heterocycles. The van der Waals surface area contributed by atoms with Gasteiger partial charge in [0.05, 0.1) is 5.52 Å². The first kappa shape index (κ1) is 16.5. The van der Waals surface area contributed by atoms with Crippen molar-refractivity contribution in [2.24, 2.45) is 0 Å². The van der Waals surface area contributed by atoms with Gasteiger partial charge in [-0.1, -0.05) is 6.92 Å². The van der Waals surface area contributed by atoms with Crippen LogP contribution in [0, 0.1) is 6.92 Å². The minimum atomic E-state index is 0.0536. The van der Waals surface area contributed by atoms with Crippen LogP contribution < -0.4 is 4.74 Å². The predicted molar refractivity (Wildman–Crippen MR) is 99.4 cm³/mol. The number of aromatic nitrogens is 1. The van der Waals surface area contributed by atoms with Gasteiger partial charge in [0.25, 0.3) is 0 Å². The van der Waals surface area contributed by atoms with Crippen molar-refractivity contribution in [3.05, 3.63) is 59.7 Å². The molecule has 0 aliphatic rings. The molecule has 0 bridgehead atoms. The summed E-state index contributed by atoms with van der Waals surface area (Å²) in [5.41, 5.74) is 2.59. The number of benzene rings is 2. The number of ether oxygens (including phenoxy) is 1. The standard InChI is InChI=1S/C20H19NO2S/c1-4-24-17-7-9-19(13(2)11-17)23-20-10-6-16-12-15(14(3)22)5-8-18(16)21-20/h5-12H,4H2,1-3H3. The van der Waals surface area contributed by atoms with Crippen LogP contribution in [0.1, 0.15) is 29.8 Å². The highest BCUT2D eigenvalue weighted by molar-refractivity contribution is 7.99. The van der Waals surface area contributed by atoms with Gasteiger partial charge in [0.15, 0.2) is 5.78 Å². The first-order valence-electron chi connectivity index (χ1n) is 7.90. The Labute approximate surface area is 146 Å². The summed E-state index contributed by atoms with van der Waals surface area (Å²) >= 11 is 1.81. The van der Waals surface area contributed by atoms with Crippen molar-refractivity contribution in [1.82, 2.24) is 4.98 Å². The average molecular weight is 337 g/mol. The molecular weight excluding hydrogens is 318 g/mol. The lowest BCUT2D eigenvalue weighted by atomic mass is 10.1. The normalized spacial score (nSPS) is 10.8. The molecule has 24 heavy (non-hydrogen) atoms. The fourth-order valence-electron chi connectivity index (χ4n) is 2.49. The Hall–Kier alpha value is -2.33. The van der Waals surface area contributed by atoms with Gasteiger partial charge in [-0.3, -0.25) is 4.79 Å². The molecule has 0 fully saturated rings. The number of rotatable bonds is 5. The summed E-state index contributed by atoms with van der Waals surface area (Å²) < 4.78 is 5.94. The van der Waals surface area contributed by atoms with Crippen molar-refractivity contribution in [3.63, 3.8) is 0 Å². The van der Waals surface area contributed by atoms with Gasteiger partial charge in [-0.2, -0.15) is 0 Å². The molecule has 3 nitrogen and oxygen atoms in total. The number of pyridine rings is 1. The van der Waals surface area contributed by atoms with E-state index in [9.17, 15) is 4.79 Å². The molecule has 0 unspecified atom stereocenters. The van der Waals surface area contributed by atoms with Crippen LogP contribution in [0.3, 0.4) is 0 Å². The third kappa shape index (κ3) is 3.60. The number of thioether (sulfide) groups is 1. The highest BCUT2D eigenvalue weighted by Crippen LogP contribution is 2.29. The van der Waals surface area contributed by atoms with Crippen LogP contribution in [0.15, 0.2) is 53.4 Å². The number of nitrogens with zero attached hydrogens (tertiary/aromatic N) is 1. The Morgan fingerprint density at radius 3 is 2.67 bits per heavy atom. The third-order valence-corrected chi connectivity index (χ3v) is 4.62. The zero-order valence-electron chi connectivity index (χ0n) is 14.0. The molecule has 0 aliphatic heterocycles. The van der Waals surface area contributed by atoms with Gasteiger partial charge >= 0.3 is 0 Å². The number of carbonyl (C=O) groups excluding carboxylic acids is 1. The fraction of sp³-hybridized carbons (Fsp3) is 0.200. The van der Waals surface area contributed by atoms with Gasteiger partial charge in [0.2, 0.25) is 5.88 Å². The third-order valence-electron chi connectivity index (χ3n) is 3.74. The molecule has 0 saturated heterocycles. The van der Waals surface area contributed by atoms with Crippen LogP contribution in [-0.2, 0) is 0 Å². The lowest BCUT2D eigenvalue weighted by Crippen LogP contribution is -1.94. The Kier molecular flexibility index (Phi) is 4.86. The van der Waals surface area contributed by atoms with Crippen molar-refractivity contribution in [2.45, 2.75) is 25.7 Å². The summed E-state index contributed by atoms with van der Waals surface area (Å²) in [6.07, 6.45) is 0. The van der Waals surface area contributed by atoms with Crippen LogP contribution in [0.25, 0.3) is 10.9 Å². The van der Waals surface area contributed by atoms with Crippen molar-refractivity contribution < 1.29 is 9.53 Å². The van der Waals surface area contributed by atoms with Crippen molar-refractivity contribution >= 4 is 28.4 Å². The van der Waals surface area contributed by atoms with Crippen LogP contribution in [-0.4, -0.2) is 16.5 Å². The number of aryl methyl sites for hydroxylation is 1. The highest BCUT2D eigenvalue weighted by Gasteiger charge is 2.07. The van der Waals surface area contributed by atoms with E-state index in [0.717, 1.165) is 28.0 Å². The van der Waals surface area contributed by atoms with Crippen molar-refractivity contribution in [2.75, 3.05) is 5.75 Å². The van der Waals surface area contributed by atoms with Crippen LogP contribution >= 0.6 is 11.8 Å². The Bertz CT molecular complexity index is 905. The molecular formula is C20H19NO2S. The Morgan fingerprint density at radius 1 is 1.12 bits per heavy atom. The number of hydrogen-bond acceptors (Lipinski definition) is 4. The second-order valence-corrected chi connectivity index (χ2v) is 6.91. The van der Waals surface area contributed by atoms with Gasteiger partial charge in [-0.25, -0.2) is 4.98 Å². The number of fused-ring (bicyclic) bond motifs is 1. The summed E-state index contributed by atoms with van der Waals surface area (Å²) in [4.78, 5) is 17.2. The Morgan fingerprint density at radius 2 is 1.96 bits per heavy atom. The van der Waals surface area contributed by atoms with E-state index in [1.807, 2.05) is 49.0 Å². The van der Waals surface area contributed by atoms with Gasteiger partial charge in [0.1, 0.15) is 5.75 Å². The van der Waals surface area contributed by atoms with E-state index in [-0.39, 0.29) is 5.78 Å². The zero-order chi connectivity index (χ0) is 17.1. The van der Waals surface area contributed by atoms with E-state index in [4.69, 9.17) is 4.74 Å². The molecule has 3 aromatic rings. The Balaban J connectivity index is 1.87. The zero-order valence-corrected chi connectivity index (χ0v) is 14.8. The van der Waals surface area contributed by atoms with Gasteiger partial charge in [-0.15, -0.1) is 11.8 Å². The molecule has 4 heteroatoms. The lowest BCUT2D eigenvalue weighted by molar-refractivity contribution is 0.101. The highest BCUT2D eigenvalue weighted by atomic mass is 32.2. The monoisotopic (exact) mass is 337 g/mol. The van der Waals surface area contributed by atoms with Crippen LogP contribution in [0.2, 0.25) is 0 Å². The molecule has 0 N–H and O–H groups in total. The van der Waals surface area contributed by atoms with E-state index in [1.54, 1.807) is 13.0 Å². The minimum absolute atomic E-state index is 0.0536. The van der Waals surface area contributed by atoms with E-state index in [0.29, 0.717) is 11.4 Å². The maximum Gasteiger partial charge on any atom is 0.219 e. The molecule has 0 aliphatic carbocycles. The summed E-state index contributed by atoms with van der Waals surface area (Å²) in [5, 5.41) is 0.932. The van der Waals surface area contributed by atoms with Crippen molar-refractivity contribution in [3.8, 4) is 11.6 Å². The maximum absolute atomic E-state index is 11.5. The summed E-state index contributed by atoms with van der Waals surface area (Å²) in [5.74, 6) is 2.46. The minimum Gasteiger partial charge on any atom is -0.439 e. The molecule has 3 rings (SSSR count). The van der Waals surface area contributed by atoms with Crippen LogP contribution in [0.4, 0.5) is 0 Å². The molecule has 2 aromatic carbocycles. The smallest absolute Gasteiger partial charge is 0.219 e. The molecule has 0 spiro atoms. The predicted octanol–water partition coefficient (Wildman–Crippen LogP) is 5.65. The quantitative estimate of drug-likeness (QED) is 0.445. The number of ketones is 1. The van der Waals surface area contributed by atoms with E-state index in [2.05, 4.69) is 24.0 Å². The first-order chi connectivity index (χ1) is 11.6. The van der Waals surface area contributed by atoms with E-state index >= 15 is 0 Å².